The normalized spacial score (nSPS) is 11.7. The van der Waals surface area contributed by atoms with Crippen LogP contribution in [-0.2, 0) is 0 Å². The molecule has 0 fully saturated rings. The van der Waals surface area contributed by atoms with Gasteiger partial charge in [0.25, 0.3) is 0 Å². The zero-order valence-electron chi connectivity index (χ0n) is 9.77. The van der Waals surface area contributed by atoms with Gasteiger partial charge in [0.15, 0.2) is 0 Å². The number of aromatic amines is 1. The molecular weight excluding hydrogens is 308 g/mol. The van der Waals surface area contributed by atoms with E-state index >= 15 is 0 Å². The van der Waals surface area contributed by atoms with Gasteiger partial charge in [-0.25, -0.2) is 4.98 Å². The van der Waals surface area contributed by atoms with E-state index in [4.69, 9.17) is 0 Å². The summed E-state index contributed by atoms with van der Waals surface area (Å²) in [6, 6.07) is 8.37. The van der Waals surface area contributed by atoms with Crippen molar-refractivity contribution in [1.82, 2.24) is 9.97 Å². The molecule has 3 rings (SSSR count). The lowest BCUT2D eigenvalue weighted by atomic mass is 10.2. The van der Waals surface area contributed by atoms with E-state index in [9.17, 15) is 0 Å². The third-order valence-corrected chi connectivity index (χ3v) is 4.07. The van der Waals surface area contributed by atoms with Crippen molar-refractivity contribution in [3.63, 3.8) is 0 Å². The van der Waals surface area contributed by atoms with Gasteiger partial charge in [0.2, 0.25) is 0 Å². The molecule has 0 radical (unpaired) electrons. The van der Waals surface area contributed by atoms with Crippen molar-refractivity contribution in [3.05, 3.63) is 50.5 Å². The summed E-state index contributed by atoms with van der Waals surface area (Å²) in [7, 11) is 0. The molecule has 0 unspecified atom stereocenters. The molecule has 90 valence electrons. The first-order valence-corrected chi connectivity index (χ1v) is 7.26. The predicted octanol–water partition coefficient (Wildman–Crippen LogP) is 4.87. The van der Waals surface area contributed by atoms with Gasteiger partial charge in [-0.2, -0.15) is 0 Å². The van der Waals surface area contributed by atoms with Crippen molar-refractivity contribution in [1.29, 1.82) is 0 Å². The van der Waals surface area contributed by atoms with Crippen molar-refractivity contribution in [2.24, 2.45) is 0 Å². The molecule has 1 N–H and O–H groups in total. The van der Waals surface area contributed by atoms with Crippen molar-refractivity contribution in [2.75, 3.05) is 0 Å². The van der Waals surface area contributed by atoms with Crippen molar-refractivity contribution in [2.45, 2.75) is 6.92 Å². The molecule has 0 atom stereocenters. The van der Waals surface area contributed by atoms with E-state index in [0.717, 1.165) is 26.4 Å². The lowest BCUT2D eigenvalue weighted by Crippen LogP contribution is -1.72. The molecule has 4 heteroatoms. The summed E-state index contributed by atoms with van der Waals surface area (Å²) in [6.07, 6.45) is 4.10. The van der Waals surface area contributed by atoms with Crippen LogP contribution >= 0.6 is 27.3 Å². The number of nitrogens with one attached hydrogen (secondary N) is 1. The highest BCUT2D eigenvalue weighted by atomic mass is 79.9. The average Bonchev–Trinajstić information content (AvgIpc) is 2.92. The van der Waals surface area contributed by atoms with Crippen LogP contribution in [0.3, 0.4) is 0 Å². The summed E-state index contributed by atoms with van der Waals surface area (Å²) in [5.74, 6) is 0. The van der Waals surface area contributed by atoms with Crippen LogP contribution in [0.5, 0.6) is 0 Å². The topological polar surface area (TPSA) is 28.7 Å². The number of nitrogens with zero attached hydrogens (tertiary/aromatic N) is 1. The number of aryl methyl sites for hydroxylation is 1. The first-order valence-electron chi connectivity index (χ1n) is 5.59. The second kappa shape index (κ2) is 4.71. The van der Waals surface area contributed by atoms with Gasteiger partial charge in [-0.1, -0.05) is 22.0 Å². The highest BCUT2D eigenvalue weighted by Crippen LogP contribution is 2.21. The van der Waals surface area contributed by atoms with Gasteiger partial charge in [-0.05, 0) is 37.3 Å². The second-order valence-electron chi connectivity index (χ2n) is 4.12. The van der Waals surface area contributed by atoms with Crippen LogP contribution in [0.4, 0.5) is 0 Å². The van der Waals surface area contributed by atoms with Crippen molar-refractivity contribution < 1.29 is 0 Å². The van der Waals surface area contributed by atoms with E-state index < -0.39 is 0 Å². The molecule has 0 amide bonds. The van der Waals surface area contributed by atoms with Crippen LogP contribution in [0.25, 0.3) is 23.1 Å². The van der Waals surface area contributed by atoms with Crippen molar-refractivity contribution in [3.8, 4) is 0 Å². The predicted molar refractivity (Wildman–Crippen MR) is 81.8 cm³/mol. The van der Waals surface area contributed by atoms with Crippen LogP contribution in [0.15, 0.2) is 34.1 Å². The van der Waals surface area contributed by atoms with E-state index in [1.807, 2.05) is 19.1 Å². The number of H-pyrrole nitrogens is 1. The highest BCUT2D eigenvalue weighted by molar-refractivity contribution is 9.10. The van der Waals surface area contributed by atoms with Crippen LogP contribution in [-0.4, -0.2) is 9.97 Å². The molecular formula is C14H11BrN2S. The minimum atomic E-state index is 1.03. The first-order chi connectivity index (χ1) is 8.70. The zero-order chi connectivity index (χ0) is 12.5. The average molecular weight is 319 g/mol. The number of hydrogen-bond donors (Lipinski definition) is 1. The number of halogens is 1. The molecule has 2 aromatic heterocycles. The van der Waals surface area contributed by atoms with Crippen LogP contribution in [0, 0.1) is 6.92 Å². The largest absolute Gasteiger partial charge is 0.355 e. The van der Waals surface area contributed by atoms with Crippen LogP contribution < -0.4 is 0 Å². The monoisotopic (exact) mass is 318 g/mol. The van der Waals surface area contributed by atoms with Gasteiger partial charge in [-0.3, -0.25) is 0 Å². The lowest BCUT2D eigenvalue weighted by molar-refractivity contribution is 1.25. The van der Waals surface area contributed by atoms with Gasteiger partial charge >= 0.3 is 0 Å². The molecule has 0 aliphatic carbocycles. The van der Waals surface area contributed by atoms with Crippen LogP contribution in [0.1, 0.15) is 16.4 Å². The van der Waals surface area contributed by atoms with Crippen molar-refractivity contribution >= 4 is 50.3 Å². The van der Waals surface area contributed by atoms with E-state index in [-0.39, 0.29) is 0 Å². The fourth-order valence-corrected chi connectivity index (χ4v) is 2.87. The molecule has 1 aromatic carbocycles. The molecule has 2 nitrogen and oxygen atoms in total. The second-order valence-corrected chi connectivity index (χ2v) is 5.92. The van der Waals surface area contributed by atoms with E-state index in [1.54, 1.807) is 11.3 Å². The quantitative estimate of drug-likeness (QED) is 0.717. The Balaban J connectivity index is 1.93. The molecule has 0 saturated heterocycles. The molecule has 0 aliphatic heterocycles. The molecule has 0 bridgehead atoms. The number of fused-ring (bicyclic) bond motifs is 1. The SMILES string of the molecule is Cc1csc(/C=C/c2cc3ccc(Br)cc3[nH]2)n1. The van der Waals surface area contributed by atoms with E-state index in [1.165, 1.54) is 5.39 Å². The van der Waals surface area contributed by atoms with Gasteiger partial charge in [0, 0.05) is 32.1 Å². The Morgan fingerprint density at radius 3 is 2.94 bits per heavy atom. The molecule has 0 saturated carbocycles. The Bertz CT molecular complexity index is 724. The Kier molecular flexibility index (Phi) is 3.06. The fourth-order valence-electron chi connectivity index (χ4n) is 1.82. The molecule has 0 aliphatic rings. The summed E-state index contributed by atoms with van der Waals surface area (Å²) in [6.45, 7) is 2.01. The molecule has 18 heavy (non-hydrogen) atoms. The maximum Gasteiger partial charge on any atom is 0.116 e. The minimum absolute atomic E-state index is 1.03. The summed E-state index contributed by atoms with van der Waals surface area (Å²) < 4.78 is 1.09. The maximum atomic E-state index is 4.40. The zero-order valence-corrected chi connectivity index (χ0v) is 12.2. The Morgan fingerprint density at radius 1 is 1.28 bits per heavy atom. The Labute approximate surface area is 118 Å². The van der Waals surface area contributed by atoms with Gasteiger partial charge in [0.1, 0.15) is 5.01 Å². The van der Waals surface area contributed by atoms with E-state index in [0.29, 0.717) is 0 Å². The number of thiazole rings is 1. The minimum Gasteiger partial charge on any atom is -0.355 e. The highest BCUT2D eigenvalue weighted by Gasteiger charge is 1.99. The standard InChI is InChI=1S/C14H11BrN2S/c1-9-8-18-14(16-9)5-4-12-6-10-2-3-11(15)7-13(10)17-12/h2-8,17H,1H3/b5-4+. The third-order valence-electron chi connectivity index (χ3n) is 2.65. The Hall–Kier alpha value is -1.39. The molecule has 2 heterocycles. The summed E-state index contributed by atoms with van der Waals surface area (Å²) in [5.41, 5.74) is 3.30. The van der Waals surface area contributed by atoms with E-state index in [2.05, 4.69) is 55.6 Å². The summed E-state index contributed by atoms with van der Waals surface area (Å²) >= 11 is 5.13. The van der Waals surface area contributed by atoms with Gasteiger partial charge in [-0.15, -0.1) is 11.3 Å². The van der Waals surface area contributed by atoms with Gasteiger partial charge in [0.05, 0.1) is 0 Å². The molecule has 0 spiro atoms. The molecule has 3 aromatic rings. The summed E-state index contributed by atoms with van der Waals surface area (Å²) in [4.78, 5) is 7.78. The number of rotatable bonds is 2. The Morgan fingerprint density at radius 2 is 2.17 bits per heavy atom. The number of hydrogen-bond acceptors (Lipinski definition) is 2. The maximum absolute atomic E-state index is 4.40. The number of benzene rings is 1. The fraction of sp³-hybridized carbons (Fsp3) is 0.0714. The summed E-state index contributed by atoms with van der Waals surface area (Å²) in [5, 5.41) is 4.31. The smallest absolute Gasteiger partial charge is 0.116 e. The lowest BCUT2D eigenvalue weighted by Gasteiger charge is -1.89. The van der Waals surface area contributed by atoms with Gasteiger partial charge < -0.3 is 4.98 Å². The number of aromatic nitrogens is 2. The van der Waals surface area contributed by atoms with Crippen LogP contribution in [0.2, 0.25) is 0 Å². The third kappa shape index (κ3) is 2.40. The first kappa shape index (κ1) is 11.7.